The number of amides is 1. The molecule has 1 amide bonds. The molecule has 1 aliphatic carbocycles. The molecule has 86 valence electrons. The molecule has 0 aromatic heterocycles. The zero-order chi connectivity index (χ0) is 11.5. The van der Waals surface area contributed by atoms with Gasteiger partial charge in [-0.15, -0.1) is 0 Å². The molecule has 0 spiro atoms. The van der Waals surface area contributed by atoms with Gasteiger partial charge in [-0.1, -0.05) is 13.1 Å². The van der Waals surface area contributed by atoms with Crippen LogP contribution < -0.4 is 0 Å². The van der Waals surface area contributed by atoms with E-state index in [-0.39, 0.29) is 5.91 Å². The van der Waals surface area contributed by atoms with Crippen molar-refractivity contribution < 1.29 is 4.79 Å². The molecule has 0 heterocycles. The van der Waals surface area contributed by atoms with Crippen LogP contribution in [0.2, 0.25) is 13.1 Å². The normalized spacial score (nSPS) is 16.7. The summed E-state index contributed by atoms with van der Waals surface area (Å²) >= 11 is 6.23. The highest BCUT2D eigenvalue weighted by atomic mass is 35.6. The first-order chi connectivity index (χ1) is 6.88. The average molecular weight is 247 g/mol. The third kappa shape index (κ3) is 4.80. The lowest BCUT2D eigenvalue weighted by atomic mass is 10.3. The number of hydrogen-bond donors (Lipinski definition) is 0. The predicted octanol–water partition coefficient (Wildman–Crippen LogP) is 2.75. The van der Waals surface area contributed by atoms with E-state index in [1.807, 2.05) is 13.1 Å². The molecule has 0 unspecified atom stereocenters. The van der Waals surface area contributed by atoms with Crippen LogP contribution in [0, 0.1) is 0 Å². The maximum absolute atomic E-state index is 11.4. The van der Waals surface area contributed by atoms with Gasteiger partial charge in [-0.05, 0) is 25.7 Å². The van der Waals surface area contributed by atoms with Crippen molar-refractivity contribution in [3.63, 3.8) is 0 Å². The van der Waals surface area contributed by atoms with E-state index < -0.39 is 7.38 Å². The molecular formula is C10H19ClN2OSi. The largest absolute Gasteiger partial charge is 0.273 e. The van der Waals surface area contributed by atoms with Crippen molar-refractivity contribution in [3.05, 3.63) is 0 Å². The SMILES string of the molecule is CC(=O)N(C[Si](C)(C)Cl)N=C1CCCC1. The van der Waals surface area contributed by atoms with E-state index in [2.05, 4.69) is 5.10 Å². The van der Waals surface area contributed by atoms with Crippen molar-refractivity contribution in [2.45, 2.75) is 45.7 Å². The zero-order valence-corrected chi connectivity index (χ0v) is 11.5. The van der Waals surface area contributed by atoms with E-state index in [9.17, 15) is 4.79 Å². The minimum absolute atomic E-state index is 0.00405. The van der Waals surface area contributed by atoms with Gasteiger partial charge in [0.15, 0.2) is 7.38 Å². The highest BCUT2D eigenvalue weighted by Gasteiger charge is 2.24. The second kappa shape index (κ2) is 5.12. The smallest absolute Gasteiger partial charge is 0.239 e. The van der Waals surface area contributed by atoms with Gasteiger partial charge in [0, 0.05) is 12.6 Å². The molecule has 0 radical (unpaired) electrons. The number of carbonyl (C=O) groups excluding carboxylic acids is 1. The lowest BCUT2D eigenvalue weighted by molar-refractivity contribution is -0.128. The molecule has 1 fully saturated rings. The van der Waals surface area contributed by atoms with Gasteiger partial charge < -0.3 is 0 Å². The predicted molar refractivity (Wildman–Crippen MR) is 66.6 cm³/mol. The molecule has 0 aromatic rings. The maximum Gasteiger partial charge on any atom is 0.239 e. The van der Waals surface area contributed by atoms with E-state index >= 15 is 0 Å². The minimum Gasteiger partial charge on any atom is -0.273 e. The molecule has 1 saturated carbocycles. The molecule has 0 aromatic carbocycles. The van der Waals surface area contributed by atoms with Gasteiger partial charge in [0.2, 0.25) is 5.91 Å². The van der Waals surface area contributed by atoms with E-state index in [0.717, 1.165) is 18.6 Å². The number of carbonyl (C=O) groups is 1. The Balaban J connectivity index is 2.66. The molecule has 0 bridgehead atoms. The fraction of sp³-hybridized carbons (Fsp3) is 0.800. The third-order valence-electron chi connectivity index (χ3n) is 2.33. The first-order valence-electron chi connectivity index (χ1n) is 5.42. The van der Waals surface area contributed by atoms with Gasteiger partial charge in [-0.25, -0.2) is 5.01 Å². The van der Waals surface area contributed by atoms with Gasteiger partial charge in [-0.3, -0.25) is 4.79 Å². The fourth-order valence-electron chi connectivity index (χ4n) is 1.63. The summed E-state index contributed by atoms with van der Waals surface area (Å²) in [6, 6.07) is 0. The standard InChI is InChI=1S/C10H19ClN2OSi/c1-9(14)13(8-15(2,3)11)12-10-6-4-5-7-10/h4-8H2,1-3H3. The van der Waals surface area contributed by atoms with Gasteiger partial charge in [0.05, 0.1) is 6.17 Å². The summed E-state index contributed by atoms with van der Waals surface area (Å²) in [5.74, 6) is -0.00405. The van der Waals surface area contributed by atoms with Gasteiger partial charge in [0.25, 0.3) is 0 Å². The van der Waals surface area contributed by atoms with Crippen molar-refractivity contribution in [3.8, 4) is 0 Å². The Morgan fingerprint density at radius 3 is 2.40 bits per heavy atom. The molecule has 5 heteroatoms. The van der Waals surface area contributed by atoms with E-state index in [4.69, 9.17) is 11.1 Å². The van der Waals surface area contributed by atoms with Crippen molar-refractivity contribution in [2.24, 2.45) is 5.10 Å². The molecular weight excluding hydrogens is 228 g/mol. The van der Waals surface area contributed by atoms with E-state index in [1.54, 1.807) is 11.9 Å². The molecule has 1 rings (SSSR count). The number of hydrogen-bond acceptors (Lipinski definition) is 2. The van der Waals surface area contributed by atoms with Crippen LogP contribution in [0.3, 0.4) is 0 Å². The first kappa shape index (κ1) is 12.7. The van der Waals surface area contributed by atoms with Crippen LogP contribution >= 0.6 is 11.1 Å². The highest BCUT2D eigenvalue weighted by Crippen LogP contribution is 2.17. The lowest BCUT2D eigenvalue weighted by Crippen LogP contribution is -2.38. The molecule has 0 aliphatic heterocycles. The van der Waals surface area contributed by atoms with Crippen LogP contribution in [0.4, 0.5) is 0 Å². The van der Waals surface area contributed by atoms with Crippen LogP contribution in [-0.2, 0) is 4.79 Å². The molecule has 15 heavy (non-hydrogen) atoms. The summed E-state index contributed by atoms with van der Waals surface area (Å²) in [7, 11) is -1.78. The molecule has 3 nitrogen and oxygen atoms in total. The fourth-order valence-corrected chi connectivity index (χ4v) is 2.97. The van der Waals surface area contributed by atoms with Crippen LogP contribution in [0.15, 0.2) is 5.10 Å². The second-order valence-corrected chi connectivity index (χ2v) is 11.5. The number of nitrogens with zero attached hydrogens (tertiary/aromatic N) is 2. The summed E-state index contributed by atoms with van der Waals surface area (Å²) in [5, 5.41) is 5.97. The summed E-state index contributed by atoms with van der Waals surface area (Å²) in [6.45, 7) is 5.61. The van der Waals surface area contributed by atoms with E-state index in [1.165, 1.54) is 12.8 Å². The van der Waals surface area contributed by atoms with Crippen LogP contribution in [0.1, 0.15) is 32.6 Å². The summed E-state index contributed by atoms with van der Waals surface area (Å²) in [5.41, 5.74) is 1.15. The molecule has 1 aliphatic rings. The summed E-state index contributed by atoms with van der Waals surface area (Å²) in [6.07, 6.45) is 5.08. The summed E-state index contributed by atoms with van der Waals surface area (Å²) in [4.78, 5) is 11.4. The molecule has 0 N–H and O–H groups in total. The van der Waals surface area contributed by atoms with Crippen molar-refractivity contribution >= 4 is 30.1 Å². The Bertz CT molecular complexity index is 265. The topological polar surface area (TPSA) is 32.7 Å². The molecule has 0 atom stereocenters. The second-order valence-electron chi connectivity index (χ2n) is 4.67. The van der Waals surface area contributed by atoms with Crippen molar-refractivity contribution in [2.75, 3.05) is 6.17 Å². The monoisotopic (exact) mass is 246 g/mol. The van der Waals surface area contributed by atoms with Crippen molar-refractivity contribution in [1.82, 2.24) is 5.01 Å². The van der Waals surface area contributed by atoms with E-state index in [0.29, 0.717) is 6.17 Å². The van der Waals surface area contributed by atoms with Crippen LogP contribution in [0.5, 0.6) is 0 Å². The zero-order valence-electron chi connectivity index (χ0n) is 9.72. The maximum atomic E-state index is 11.4. The average Bonchev–Trinajstić information content (AvgIpc) is 2.52. The van der Waals surface area contributed by atoms with Crippen LogP contribution in [-0.4, -0.2) is 30.2 Å². The number of hydrazone groups is 1. The van der Waals surface area contributed by atoms with Crippen molar-refractivity contribution in [1.29, 1.82) is 0 Å². The Morgan fingerprint density at radius 2 is 2.00 bits per heavy atom. The quantitative estimate of drug-likeness (QED) is 0.428. The number of halogens is 1. The Kier molecular flexibility index (Phi) is 4.34. The van der Waals surface area contributed by atoms with Gasteiger partial charge in [-0.2, -0.15) is 16.2 Å². The Hall–Kier alpha value is -0.353. The first-order valence-corrected chi connectivity index (χ1v) is 9.64. The summed E-state index contributed by atoms with van der Waals surface area (Å²) < 4.78 is 0. The molecule has 0 saturated heterocycles. The minimum atomic E-state index is -1.78. The number of rotatable bonds is 3. The van der Waals surface area contributed by atoms with Crippen LogP contribution in [0.25, 0.3) is 0 Å². The van der Waals surface area contributed by atoms with Gasteiger partial charge in [0.1, 0.15) is 0 Å². The highest BCUT2D eigenvalue weighted by molar-refractivity contribution is 7.19. The lowest BCUT2D eigenvalue weighted by Gasteiger charge is -2.22. The third-order valence-corrected chi connectivity index (χ3v) is 3.74. The Labute approximate surface area is 97.2 Å². The Morgan fingerprint density at radius 1 is 1.47 bits per heavy atom. The van der Waals surface area contributed by atoms with Gasteiger partial charge >= 0.3 is 0 Å².